The molecular weight excluding hydrogens is 736 g/mol. The van der Waals surface area contributed by atoms with Crippen LogP contribution >= 0.6 is 11.6 Å². The van der Waals surface area contributed by atoms with Crippen molar-refractivity contribution in [1.29, 1.82) is 0 Å². The minimum absolute atomic E-state index is 0.00304. The Morgan fingerprint density at radius 2 is 1.76 bits per heavy atom. The van der Waals surface area contributed by atoms with E-state index in [1.54, 1.807) is 10.7 Å². The van der Waals surface area contributed by atoms with Crippen LogP contribution in [0.25, 0.3) is 5.65 Å². The Morgan fingerprint density at radius 3 is 2.55 bits per heavy atom. The highest BCUT2D eigenvalue weighted by Gasteiger charge is 2.46. The molecule has 2 aliphatic heterocycles. The van der Waals surface area contributed by atoms with Crippen LogP contribution in [0.5, 0.6) is 5.75 Å². The minimum atomic E-state index is -1.11. The maximum atomic E-state index is 13.2. The summed E-state index contributed by atoms with van der Waals surface area (Å²) in [5, 5.41) is 16.3. The van der Waals surface area contributed by atoms with Gasteiger partial charge >= 0.3 is 0 Å². The number of anilines is 1. The molecule has 1 unspecified atom stereocenters. The van der Waals surface area contributed by atoms with Gasteiger partial charge < -0.3 is 30.2 Å². The summed E-state index contributed by atoms with van der Waals surface area (Å²) in [6.45, 7) is 4.50. The number of aromatic nitrogens is 3. The van der Waals surface area contributed by atoms with Gasteiger partial charge in [0.2, 0.25) is 17.7 Å². The van der Waals surface area contributed by atoms with E-state index in [-0.39, 0.29) is 80.7 Å². The average Bonchev–Trinajstić information content (AvgIpc) is 3.84. The Kier molecular flexibility index (Phi) is 12.9. The number of hydrogen-bond acceptors (Lipinski definition) is 12. The lowest BCUT2D eigenvalue weighted by atomic mass is 9.99. The van der Waals surface area contributed by atoms with Crippen LogP contribution in [0.2, 0.25) is 5.02 Å². The molecule has 1 aromatic carbocycles. The highest BCUT2D eigenvalue weighted by atomic mass is 35.5. The molecule has 2 aromatic heterocycles. The molecule has 0 bridgehead atoms. The second-order valence-corrected chi connectivity index (χ2v) is 14.1. The smallest absolute Gasteiger partial charge is 0.266 e. The van der Waals surface area contributed by atoms with Crippen LogP contribution in [0.1, 0.15) is 91.1 Å². The molecule has 4 heterocycles. The van der Waals surface area contributed by atoms with Crippen molar-refractivity contribution in [2.24, 2.45) is 0 Å². The van der Waals surface area contributed by atoms with Gasteiger partial charge in [-0.15, -0.1) is 0 Å². The van der Waals surface area contributed by atoms with Crippen molar-refractivity contribution in [3.63, 3.8) is 0 Å². The lowest BCUT2D eigenvalue weighted by Gasteiger charge is -2.27. The van der Waals surface area contributed by atoms with Crippen molar-refractivity contribution < 1.29 is 43.0 Å². The molecule has 6 rings (SSSR count). The molecule has 3 aromatic rings. The van der Waals surface area contributed by atoms with Gasteiger partial charge in [0.1, 0.15) is 29.2 Å². The summed E-state index contributed by atoms with van der Waals surface area (Å²) >= 11 is 6.38. The number of ether oxygens (including phenoxy) is 3. The number of carbonyl (C=O) groups excluding carboxylic acids is 6. The first-order valence-electron chi connectivity index (χ1n) is 18.6. The van der Waals surface area contributed by atoms with E-state index in [0.717, 1.165) is 48.5 Å². The van der Waals surface area contributed by atoms with Crippen LogP contribution < -0.4 is 26.0 Å². The molecule has 17 nitrogen and oxygen atoms in total. The number of imide groups is 2. The molecule has 4 N–H and O–H groups in total. The summed E-state index contributed by atoms with van der Waals surface area (Å²) < 4.78 is 18.3. The minimum Gasteiger partial charge on any atom is -0.483 e. The number of fused-ring (bicyclic) bond motifs is 2. The Bertz CT molecular complexity index is 1950. The van der Waals surface area contributed by atoms with Crippen molar-refractivity contribution in [2.75, 3.05) is 44.9 Å². The Morgan fingerprint density at radius 1 is 0.982 bits per heavy atom. The topological polar surface area (TPSA) is 212 Å². The van der Waals surface area contributed by atoms with Gasteiger partial charge in [-0.3, -0.25) is 39.0 Å². The Balaban J connectivity index is 0.843. The Hall–Kier alpha value is -5.13. The predicted molar refractivity (Wildman–Crippen MR) is 198 cm³/mol. The molecule has 2 fully saturated rings. The van der Waals surface area contributed by atoms with Gasteiger partial charge in [0.25, 0.3) is 17.7 Å². The van der Waals surface area contributed by atoms with Crippen molar-refractivity contribution in [1.82, 2.24) is 35.4 Å². The van der Waals surface area contributed by atoms with Crippen molar-refractivity contribution in [3.05, 3.63) is 52.3 Å². The van der Waals surface area contributed by atoms with E-state index in [1.807, 2.05) is 6.07 Å². The number of nitrogens with zero attached hydrogens (tertiary/aromatic N) is 4. The van der Waals surface area contributed by atoms with E-state index in [2.05, 4.69) is 40.2 Å². The molecule has 294 valence electrons. The largest absolute Gasteiger partial charge is 0.483 e. The fourth-order valence-electron chi connectivity index (χ4n) is 7.14. The van der Waals surface area contributed by atoms with Gasteiger partial charge in [-0.05, 0) is 50.7 Å². The SMILES string of the molecule is CCC(CC)c1cc(N[C@H]2CC[C@H](NC(=O)COCCOCCNC(=O)COc3cccc4c3C(=O)N(C3CCC(=O)NC3=O)C4=O)C2)n2ncc(Cl)c2n1. The second kappa shape index (κ2) is 18.0. The lowest BCUT2D eigenvalue weighted by Crippen LogP contribution is -2.54. The number of amides is 6. The number of benzene rings is 1. The first-order valence-corrected chi connectivity index (χ1v) is 18.9. The maximum absolute atomic E-state index is 13.2. The molecule has 0 radical (unpaired) electrons. The number of piperidine rings is 1. The van der Waals surface area contributed by atoms with E-state index >= 15 is 0 Å². The van der Waals surface area contributed by atoms with Crippen LogP contribution in [0, 0.1) is 0 Å². The van der Waals surface area contributed by atoms with E-state index < -0.39 is 42.2 Å². The maximum Gasteiger partial charge on any atom is 0.266 e. The highest BCUT2D eigenvalue weighted by Crippen LogP contribution is 2.34. The predicted octanol–water partition coefficient (Wildman–Crippen LogP) is 2.37. The molecule has 55 heavy (non-hydrogen) atoms. The molecule has 18 heteroatoms. The molecule has 3 atom stereocenters. The summed E-state index contributed by atoms with van der Waals surface area (Å²) in [4.78, 5) is 80.6. The summed E-state index contributed by atoms with van der Waals surface area (Å²) in [6.07, 6.45) is 6.02. The average molecular weight is 781 g/mol. The van der Waals surface area contributed by atoms with Gasteiger partial charge in [-0.1, -0.05) is 31.5 Å². The summed E-state index contributed by atoms with van der Waals surface area (Å²) in [6, 6.07) is 5.49. The van der Waals surface area contributed by atoms with E-state index in [0.29, 0.717) is 16.6 Å². The molecular formula is C37H45ClN8O9. The molecule has 0 spiro atoms. The van der Waals surface area contributed by atoms with Crippen LogP contribution in [0.15, 0.2) is 30.5 Å². The van der Waals surface area contributed by atoms with Crippen molar-refractivity contribution in [3.8, 4) is 5.75 Å². The number of nitrogens with one attached hydrogen (secondary N) is 4. The zero-order chi connectivity index (χ0) is 39.1. The summed E-state index contributed by atoms with van der Waals surface area (Å²) in [5.41, 5.74) is 1.62. The highest BCUT2D eigenvalue weighted by molar-refractivity contribution is 6.33. The van der Waals surface area contributed by atoms with Gasteiger partial charge in [0.15, 0.2) is 12.3 Å². The fraction of sp³-hybridized carbons (Fsp3) is 0.514. The Labute approximate surface area is 322 Å². The second-order valence-electron chi connectivity index (χ2n) is 13.7. The van der Waals surface area contributed by atoms with Crippen LogP contribution in [0.4, 0.5) is 5.82 Å². The number of carbonyl (C=O) groups is 6. The third kappa shape index (κ3) is 9.23. The molecule has 1 aliphatic carbocycles. The zero-order valence-electron chi connectivity index (χ0n) is 30.7. The molecule has 1 saturated heterocycles. The van der Waals surface area contributed by atoms with Gasteiger partial charge in [-0.25, -0.2) is 4.98 Å². The van der Waals surface area contributed by atoms with Crippen molar-refractivity contribution >= 4 is 58.5 Å². The summed E-state index contributed by atoms with van der Waals surface area (Å²) in [7, 11) is 0. The third-order valence-electron chi connectivity index (χ3n) is 9.96. The first-order chi connectivity index (χ1) is 26.6. The molecule has 6 amide bonds. The van der Waals surface area contributed by atoms with E-state index in [9.17, 15) is 28.8 Å². The number of halogens is 1. The van der Waals surface area contributed by atoms with E-state index in [4.69, 9.17) is 30.8 Å². The van der Waals surface area contributed by atoms with Crippen LogP contribution in [-0.4, -0.2) is 113 Å². The van der Waals surface area contributed by atoms with Crippen LogP contribution in [0.3, 0.4) is 0 Å². The lowest BCUT2D eigenvalue weighted by molar-refractivity contribution is -0.136. The fourth-order valence-corrected chi connectivity index (χ4v) is 7.31. The quantitative estimate of drug-likeness (QED) is 0.108. The van der Waals surface area contributed by atoms with Gasteiger partial charge in [-0.2, -0.15) is 9.61 Å². The van der Waals surface area contributed by atoms with Gasteiger partial charge in [0.05, 0.1) is 37.1 Å². The molecule has 3 aliphatic rings. The zero-order valence-corrected chi connectivity index (χ0v) is 31.5. The standard InChI is InChI=1S/C37H45ClN8O9/c1-3-21(4-2)26-17-29(46-34(43-26)25(38)18-40-46)41-22-8-9-23(16-22)42-32(49)19-54-15-14-53-13-12-39-31(48)20-55-28-7-5-6-24-33(28)37(52)45(36(24)51)27-10-11-30(47)44-35(27)50/h5-7,17-18,21-23,27,41H,3-4,8-16,19-20H2,1-2H3,(H,39,48)(H,42,49)(H,44,47,50)/t22-,23-,27?/m0/s1. The first kappa shape index (κ1) is 39.6. The normalized spacial score (nSPS) is 19.6. The van der Waals surface area contributed by atoms with E-state index in [1.165, 1.54) is 18.2 Å². The number of rotatable bonds is 18. The van der Waals surface area contributed by atoms with Crippen LogP contribution in [-0.2, 0) is 28.7 Å². The number of hydrogen-bond donors (Lipinski definition) is 4. The van der Waals surface area contributed by atoms with Crippen molar-refractivity contribution in [2.45, 2.75) is 82.8 Å². The summed E-state index contributed by atoms with van der Waals surface area (Å²) in [5.74, 6) is -2.09. The molecule has 1 saturated carbocycles. The van der Waals surface area contributed by atoms with Gasteiger partial charge in [0, 0.05) is 42.7 Å². The monoisotopic (exact) mass is 780 g/mol. The third-order valence-corrected chi connectivity index (χ3v) is 10.2.